The summed E-state index contributed by atoms with van der Waals surface area (Å²) in [5, 5.41) is 22.3. The van der Waals surface area contributed by atoms with Gasteiger partial charge in [0.2, 0.25) is 5.91 Å². The molecule has 150 valence electrons. The van der Waals surface area contributed by atoms with Crippen LogP contribution in [0.25, 0.3) is 0 Å². The second-order valence-corrected chi connectivity index (χ2v) is 9.49. The number of benzene rings is 1. The summed E-state index contributed by atoms with van der Waals surface area (Å²) in [6.07, 6.45) is 0. The summed E-state index contributed by atoms with van der Waals surface area (Å²) < 4.78 is -2.23. The summed E-state index contributed by atoms with van der Waals surface area (Å²) in [5.41, 5.74) is -0.268. The highest BCUT2D eigenvalue weighted by atomic mass is 35.5. The van der Waals surface area contributed by atoms with Crippen molar-refractivity contribution in [1.29, 1.82) is 0 Å². The van der Waals surface area contributed by atoms with E-state index in [1.807, 2.05) is 0 Å². The Balaban J connectivity index is 2.08. The van der Waals surface area contributed by atoms with Crippen LogP contribution in [0.3, 0.4) is 0 Å². The number of carbonyl (C=O) groups is 2. The van der Waals surface area contributed by atoms with E-state index in [0.29, 0.717) is 0 Å². The van der Waals surface area contributed by atoms with E-state index in [1.54, 1.807) is 0 Å². The molecule has 0 radical (unpaired) electrons. The highest BCUT2D eigenvalue weighted by molar-refractivity contribution is 6.66. The third-order valence-corrected chi connectivity index (χ3v) is 9.07. The number of aliphatic carboxylic acids is 1. The van der Waals surface area contributed by atoms with E-state index in [4.69, 9.17) is 69.6 Å². The molecule has 28 heavy (non-hydrogen) atoms. The molecule has 1 saturated carbocycles. The second kappa shape index (κ2) is 6.79. The molecule has 2 bridgehead atoms. The number of carbonyl (C=O) groups excluding carboxylic acids is 1. The largest absolute Gasteiger partial charge is 0.481 e. The normalized spacial score (nSPS) is 33.1. The fourth-order valence-corrected chi connectivity index (χ4v) is 6.48. The maximum absolute atomic E-state index is 13.0. The van der Waals surface area contributed by atoms with Crippen LogP contribution in [0.15, 0.2) is 34.3 Å². The van der Waals surface area contributed by atoms with E-state index in [1.165, 1.54) is 18.2 Å². The van der Waals surface area contributed by atoms with Crippen LogP contribution in [0.2, 0.25) is 0 Å². The molecular formula is C15H8Cl6N2O5. The number of alkyl halides is 4. The van der Waals surface area contributed by atoms with Crippen LogP contribution in [-0.2, 0) is 9.59 Å². The van der Waals surface area contributed by atoms with E-state index in [0.717, 1.165) is 6.07 Å². The molecule has 1 amide bonds. The number of halogens is 6. The molecule has 1 aromatic carbocycles. The number of rotatable bonds is 4. The van der Waals surface area contributed by atoms with E-state index >= 15 is 0 Å². The molecule has 1 aromatic rings. The number of nitro benzene ring substituents is 1. The topological polar surface area (TPSA) is 110 Å². The summed E-state index contributed by atoms with van der Waals surface area (Å²) in [6, 6.07) is 4.99. The van der Waals surface area contributed by atoms with Crippen molar-refractivity contribution in [2.45, 2.75) is 14.1 Å². The summed E-state index contributed by atoms with van der Waals surface area (Å²) >= 11 is 37.8. The molecule has 2 N–H and O–H groups in total. The number of fused-ring (bicyclic) bond motifs is 2. The Hall–Kier alpha value is -0.960. The van der Waals surface area contributed by atoms with Gasteiger partial charge in [0.15, 0.2) is 4.33 Å². The van der Waals surface area contributed by atoms with Gasteiger partial charge in [0, 0.05) is 17.8 Å². The highest BCUT2D eigenvalue weighted by Gasteiger charge is 2.85. The summed E-state index contributed by atoms with van der Waals surface area (Å²) in [7, 11) is 0. The summed E-state index contributed by atoms with van der Waals surface area (Å²) in [5.74, 6) is -5.83. The van der Waals surface area contributed by atoms with Crippen molar-refractivity contribution in [2.75, 3.05) is 5.32 Å². The van der Waals surface area contributed by atoms with Crippen molar-refractivity contribution in [1.82, 2.24) is 0 Å². The Morgan fingerprint density at radius 2 is 1.61 bits per heavy atom. The smallest absolute Gasteiger partial charge is 0.309 e. The number of carboxylic acids is 1. The van der Waals surface area contributed by atoms with Crippen LogP contribution in [0.4, 0.5) is 11.4 Å². The minimum absolute atomic E-state index is 0.0240. The molecule has 0 unspecified atom stereocenters. The average molecular weight is 509 g/mol. The van der Waals surface area contributed by atoms with Gasteiger partial charge in [-0.1, -0.05) is 52.5 Å². The van der Waals surface area contributed by atoms with Gasteiger partial charge in [0.1, 0.15) is 9.75 Å². The number of amides is 1. The number of nitrogens with one attached hydrogen (secondary N) is 1. The van der Waals surface area contributed by atoms with E-state index < -0.39 is 42.7 Å². The van der Waals surface area contributed by atoms with Crippen LogP contribution in [-0.4, -0.2) is 36.0 Å². The first-order chi connectivity index (χ1) is 12.8. The predicted octanol–water partition coefficient (Wildman–Crippen LogP) is 4.70. The lowest BCUT2D eigenvalue weighted by Gasteiger charge is -2.33. The first kappa shape index (κ1) is 21.7. The maximum atomic E-state index is 13.0. The maximum Gasteiger partial charge on any atom is 0.309 e. The van der Waals surface area contributed by atoms with Gasteiger partial charge in [-0.3, -0.25) is 19.7 Å². The van der Waals surface area contributed by atoms with Crippen LogP contribution >= 0.6 is 69.6 Å². The van der Waals surface area contributed by atoms with E-state index in [-0.39, 0.29) is 21.4 Å². The lowest BCUT2D eigenvalue weighted by atomic mass is 9.81. The minimum atomic E-state index is -2.23. The Morgan fingerprint density at radius 3 is 2.11 bits per heavy atom. The quantitative estimate of drug-likeness (QED) is 0.348. The molecular weight excluding hydrogens is 501 g/mol. The number of hydrogen-bond acceptors (Lipinski definition) is 4. The molecule has 4 atom stereocenters. The predicted molar refractivity (Wildman–Crippen MR) is 107 cm³/mol. The Bertz CT molecular complexity index is 953. The van der Waals surface area contributed by atoms with Crippen LogP contribution in [0, 0.1) is 22.0 Å². The number of allylic oxidation sites excluding steroid dienone is 2. The van der Waals surface area contributed by atoms with Crippen molar-refractivity contribution in [3.05, 3.63) is 44.4 Å². The highest BCUT2D eigenvalue weighted by Crippen LogP contribution is 2.76. The van der Waals surface area contributed by atoms with Gasteiger partial charge in [-0.2, -0.15) is 0 Å². The molecule has 7 nitrogen and oxygen atoms in total. The number of anilines is 1. The van der Waals surface area contributed by atoms with Crippen molar-refractivity contribution in [3.8, 4) is 0 Å². The monoisotopic (exact) mass is 506 g/mol. The minimum Gasteiger partial charge on any atom is -0.481 e. The number of carboxylic acid groups (broad SMARTS) is 1. The van der Waals surface area contributed by atoms with Crippen LogP contribution in [0.1, 0.15) is 0 Å². The number of non-ortho nitro benzene ring substituents is 1. The molecule has 2 aliphatic rings. The number of hydrogen-bond donors (Lipinski definition) is 2. The van der Waals surface area contributed by atoms with Gasteiger partial charge in [-0.15, -0.1) is 23.2 Å². The van der Waals surface area contributed by atoms with Gasteiger partial charge < -0.3 is 10.4 Å². The zero-order valence-corrected chi connectivity index (χ0v) is 17.8. The fraction of sp³-hybridized carbons (Fsp3) is 0.333. The number of nitrogens with zero attached hydrogens (tertiary/aromatic N) is 1. The van der Waals surface area contributed by atoms with Crippen molar-refractivity contribution in [2.24, 2.45) is 11.8 Å². The second-order valence-electron chi connectivity index (χ2n) is 6.22. The number of nitro groups is 1. The van der Waals surface area contributed by atoms with Gasteiger partial charge in [0.05, 0.1) is 26.8 Å². The zero-order valence-electron chi connectivity index (χ0n) is 13.3. The molecule has 1 fully saturated rings. The third-order valence-electron chi connectivity index (χ3n) is 4.81. The lowest BCUT2D eigenvalue weighted by molar-refractivity contribution is -0.384. The fourth-order valence-electron chi connectivity index (χ4n) is 3.54. The molecule has 0 heterocycles. The Morgan fingerprint density at radius 1 is 1.07 bits per heavy atom. The van der Waals surface area contributed by atoms with Crippen LogP contribution < -0.4 is 5.32 Å². The van der Waals surface area contributed by atoms with Gasteiger partial charge in [0.25, 0.3) is 5.69 Å². The van der Waals surface area contributed by atoms with Crippen molar-refractivity contribution >= 4 is 92.9 Å². The first-order valence-electron chi connectivity index (χ1n) is 7.41. The van der Waals surface area contributed by atoms with Gasteiger partial charge in [-0.05, 0) is 6.07 Å². The standard InChI is InChI=1S/C15H8Cl6N2O5/c16-9-10(17)14(19)8(12(25)26)7(13(9,18)15(14,20)21)11(24)22-5-2-1-3-6(4-5)23(27)28/h1-4,7-8H,(H,22,24)(H,25,26)/t7-,8+,13+,14+/m1/s1. The Labute approximate surface area is 187 Å². The van der Waals surface area contributed by atoms with Gasteiger partial charge >= 0.3 is 5.97 Å². The molecule has 0 saturated heterocycles. The zero-order chi connectivity index (χ0) is 21.2. The SMILES string of the molecule is O=C(O)[C@@H]1[C@H](C(=O)Nc2cccc([N+](=O)[O-])c2)[C@]2(Cl)C(Cl)=C(Cl)[C@]1(Cl)C2(Cl)Cl. The summed E-state index contributed by atoms with van der Waals surface area (Å²) in [6.45, 7) is 0. The average Bonchev–Trinajstić information content (AvgIpc) is 2.82. The van der Waals surface area contributed by atoms with Crippen molar-refractivity contribution in [3.63, 3.8) is 0 Å². The third kappa shape index (κ3) is 2.57. The molecule has 13 heteroatoms. The molecule has 0 spiro atoms. The molecule has 0 aliphatic heterocycles. The Kier molecular flexibility index (Phi) is 5.27. The van der Waals surface area contributed by atoms with Crippen molar-refractivity contribution < 1.29 is 19.6 Å². The molecule has 3 rings (SSSR count). The van der Waals surface area contributed by atoms with Gasteiger partial charge in [-0.25, -0.2) is 0 Å². The molecule has 0 aromatic heterocycles. The molecule has 2 aliphatic carbocycles. The van der Waals surface area contributed by atoms with Crippen LogP contribution in [0.5, 0.6) is 0 Å². The van der Waals surface area contributed by atoms with E-state index in [9.17, 15) is 24.8 Å². The lowest BCUT2D eigenvalue weighted by Crippen LogP contribution is -2.47. The van der Waals surface area contributed by atoms with E-state index in [2.05, 4.69) is 5.32 Å². The summed E-state index contributed by atoms with van der Waals surface area (Å²) in [4.78, 5) is 30.8. The first-order valence-corrected chi connectivity index (χ1v) is 9.68.